The molecule has 2 rings (SSSR count). The summed E-state index contributed by atoms with van der Waals surface area (Å²) in [6.07, 6.45) is 5.17. The molecule has 0 saturated carbocycles. The molecule has 0 saturated heterocycles. The van der Waals surface area contributed by atoms with Crippen LogP contribution in [-0.4, -0.2) is 20.3 Å². The Bertz CT molecular complexity index is 746. The molecule has 0 aliphatic heterocycles. The van der Waals surface area contributed by atoms with Crippen LogP contribution in [0, 0.1) is 11.8 Å². The second-order valence-corrected chi connectivity index (χ2v) is 7.00. The van der Waals surface area contributed by atoms with E-state index in [1.54, 1.807) is 13.0 Å². The largest absolute Gasteiger partial charge is 0.265 e. The molecule has 0 amide bonds. The molecule has 0 bridgehead atoms. The van der Waals surface area contributed by atoms with Gasteiger partial charge in [0.1, 0.15) is 5.60 Å². The van der Waals surface area contributed by atoms with Gasteiger partial charge in [-0.05, 0) is 32.1 Å². The Morgan fingerprint density at radius 1 is 1.19 bits per heavy atom. The van der Waals surface area contributed by atoms with Gasteiger partial charge in [-0.3, -0.25) is 4.18 Å². The molecule has 3 nitrogen and oxygen atoms in total. The van der Waals surface area contributed by atoms with E-state index in [9.17, 15) is 8.42 Å². The van der Waals surface area contributed by atoms with E-state index in [2.05, 4.69) is 11.8 Å². The molecule has 0 heterocycles. The molecule has 1 atom stereocenters. The van der Waals surface area contributed by atoms with Crippen molar-refractivity contribution >= 4 is 10.1 Å². The van der Waals surface area contributed by atoms with Crippen LogP contribution in [0.3, 0.4) is 0 Å². The van der Waals surface area contributed by atoms with Gasteiger partial charge >= 0.3 is 0 Å². The van der Waals surface area contributed by atoms with Gasteiger partial charge in [0.05, 0.1) is 6.26 Å². The highest BCUT2D eigenvalue weighted by Gasteiger charge is 2.30. The van der Waals surface area contributed by atoms with E-state index in [4.69, 9.17) is 4.18 Å². The fourth-order valence-corrected chi connectivity index (χ4v) is 3.10. The second kappa shape index (κ2) is 5.88. The molecular weight excluding hydrogens is 284 g/mol. The summed E-state index contributed by atoms with van der Waals surface area (Å²) >= 11 is 0. The molecule has 1 aromatic carbocycles. The van der Waals surface area contributed by atoms with Crippen LogP contribution < -0.4 is 0 Å². The number of hydrogen-bond acceptors (Lipinski definition) is 3. The summed E-state index contributed by atoms with van der Waals surface area (Å²) < 4.78 is 27.8. The molecule has 0 aromatic heterocycles. The number of rotatable bonds is 2. The first-order chi connectivity index (χ1) is 9.77. The minimum Gasteiger partial charge on any atom is -0.259 e. The first-order valence-electron chi connectivity index (χ1n) is 6.64. The first-order valence-corrected chi connectivity index (χ1v) is 8.46. The maximum absolute atomic E-state index is 11.3. The quantitative estimate of drug-likeness (QED) is 0.623. The van der Waals surface area contributed by atoms with E-state index >= 15 is 0 Å². The van der Waals surface area contributed by atoms with Crippen molar-refractivity contribution in [1.82, 2.24) is 0 Å². The smallest absolute Gasteiger partial charge is 0.259 e. The standard InChI is InChI=1S/C17H18O3S/c1-14-13-17(2,20-21(3,18)19)12-11-16(14)10-9-15-7-5-4-6-8-15/h4-8,11-12H,13H2,1-3H3. The van der Waals surface area contributed by atoms with Crippen LogP contribution in [0.1, 0.15) is 25.8 Å². The molecular formula is C17H18O3S. The van der Waals surface area contributed by atoms with Crippen LogP contribution in [0.15, 0.2) is 53.6 Å². The minimum absolute atomic E-state index is 0.509. The molecule has 1 aliphatic carbocycles. The Morgan fingerprint density at radius 2 is 1.86 bits per heavy atom. The Morgan fingerprint density at radius 3 is 2.43 bits per heavy atom. The fourth-order valence-electron chi connectivity index (χ4n) is 2.29. The highest BCUT2D eigenvalue weighted by Crippen LogP contribution is 2.30. The van der Waals surface area contributed by atoms with Crippen LogP contribution in [0.4, 0.5) is 0 Å². The topological polar surface area (TPSA) is 43.4 Å². The summed E-state index contributed by atoms with van der Waals surface area (Å²) in [7, 11) is -3.49. The lowest BCUT2D eigenvalue weighted by atomic mass is 9.88. The zero-order valence-electron chi connectivity index (χ0n) is 12.4. The van der Waals surface area contributed by atoms with Crippen LogP contribution in [0.2, 0.25) is 0 Å². The molecule has 1 aliphatic rings. The maximum atomic E-state index is 11.3. The molecule has 4 heteroatoms. The van der Waals surface area contributed by atoms with E-state index in [0.717, 1.165) is 23.0 Å². The van der Waals surface area contributed by atoms with Crippen molar-refractivity contribution < 1.29 is 12.6 Å². The Labute approximate surface area is 126 Å². The van der Waals surface area contributed by atoms with E-state index < -0.39 is 15.7 Å². The first kappa shape index (κ1) is 15.6. The average Bonchev–Trinajstić information content (AvgIpc) is 2.36. The third-order valence-electron chi connectivity index (χ3n) is 3.14. The Kier molecular flexibility index (Phi) is 4.36. The maximum Gasteiger partial charge on any atom is 0.265 e. The highest BCUT2D eigenvalue weighted by atomic mass is 32.2. The second-order valence-electron chi connectivity index (χ2n) is 5.42. The van der Waals surface area contributed by atoms with Gasteiger partial charge in [-0.25, -0.2) is 0 Å². The summed E-state index contributed by atoms with van der Waals surface area (Å²) in [6.45, 7) is 3.71. The third-order valence-corrected chi connectivity index (χ3v) is 3.82. The predicted molar refractivity (Wildman–Crippen MR) is 84.1 cm³/mol. The number of hydrogen-bond donors (Lipinski definition) is 0. The van der Waals surface area contributed by atoms with Crippen LogP contribution in [0.25, 0.3) is 0 Å². The van der Waals surface area contributed by atoms with Gasteiger partial charge in [0.2, 0.25) is 0 Å². The fraction of sp³-hybridized carbons (Fsp3) is 0.294. The lowest BCUT2D eigenvalue weighted by Gasteiger charge is -2.28. The third kappa shape index (κ3) is 4.59. The summed E-state index contributed by atoms with van der Waals surface area (Å²) in [4.78, 5) is 0. The van der Waals surface area contributed by atoms with Crippen molar-refractivity contribution in [2.45, 2.75) is 25.9 Å². The highest BCUT2D eigenvalue weighted by molar-refractivity contribution is 7.86. The van der Waals surface area contributed by atoms with Gasteiger partial charge in [0.25, 0.3) is 10.1 Å². The lowest BCUT2D eigenvalue weighted by molar-refractivity contribution is 0.149. The summed E-state index contributed by atoms with van der Waals surface area (Å²) in [5, 5.41) is 0. The average molecular weight is 302 g/mol. The van der Waals surface area contributed by atoms with E-state index in [-0.39, 0.29) is 0 Å². The monoisotopic (exact) mass is 302 g/mol. The van der Waals surface area contributed by atoms with Crippen LogP contribution in [-0.2, 0) is 14.3 Å². The summed E-state index contributed by atoms with van der Waals surface area (Å²) in [5.41, 5.74) is 2.06. The molecule has 21 heavy (non-hydrogen) atoms. The zero-order chi connectivity index (χ0) is 15.5. The van der Waals surface area contributed by atoms with Crippen molar-refractivity contribution in [3.05, 3.63) is 59.2 Å². The lowest BCUT2D eigenvalue weighted by Crippen LogP contribution is -2.31. The van der Waals surface area contributed by atoms with E-state index in [1.807, 2.05) is 43.3 Å². The van der Waals surface area contributed by atoms with Gasteiger partial charge in [-0.15, -0.1) is 0 Å². The SMILES string of the molecule is CC1=C(C#Cc2ccccc2)C=CC(C)(OS(C)(=O)=O)C1. The van der Waals surface area contributed by atoms with Gasteiger partial charge in [-0.2, -0.15) is 8.42 Å². The Hall–Kier alpha value is -1.83. The Balaban J connectivity index is 2.19. The van der Waals surface area contributed by atoms with Gasteiger partial charge in [-0.1, -0.05) is 41.7 Å². The van der Waals surface area contributed by atoms with Crippen molar-refractivity contribution in [3.8, 4) is 11.8 Å². The van der Waals surface area contributed by atoms with E-state index in [1.165, 1.54) is 0 Å². The van der Waals surface area contributed by atoms with Crippen molar-refractivity contribution in [2.24, 2.45) is 0 Å². The zero-order valence-corrected chi connectivity index (χ0v) is 13.2. The van der Waals surface area contributed by atoms with Gasteiger partial charge in [0, 0.05) is 17.6 Å². The predicted octanol–water partition coefficient (Wildman–Crippen LogP) is 3.05. The molecule has 0 fully saturated rings. The van der Waals surface area contributed by atoms with Crippen LogP contribution in [0.5, 0.6) is 0 Å². The van der Waals surface area contributed by atoms with E-state index in [0.29, 0.717) is 6.42 Å². The molecule has 0 radical (unpaired) electrons. The molecule has 110 valence electrons. The van der Waals surface area contributed by atoms with Crippen molar-refractivity contribution in [3.63, 3.8) is 0 Å². The van der Waals surface area contributed by atoms with Crippen molar-refractivity contribution in [2.75, 3.05) is 6.26 Å². The summed E-state index contributed by atoms with van der Waals surface area (Å²) in [6, 6.07) is 9.74. The molecule has 0 N–H and O–H groups in total. The molecule has 0 spiro atoms. The van der Waals surface area contributed by atoms with Gasteiger partial charge < -0.3 is 0 Å². The minimum atomic E-state index is -3.49. The number of benzene rings is 1. The van der Waals surface area contributed by atoms with Crippen molar-refractivity contribution in [1.29, 1.82) is 0 Å². The van der Waals surface area contributed by atoms with Gasteiger partial charge in [0.15, 0.2) is 0 Å². The van der Waals surface area contributed by atoms with Crippen LogP contribution >= 0.6 is 0 Å². The number of allylic oxidation sites excluding steroid dienone is 2. The molecule has 1 unspecified atom stereocenters. The summed E-state index contributed by atoms with van der Waals surface area (Å²) in [5.74, 6) is 6.23. The molecule has 1 aromatic rings. The normalized spacial score (nSPS) is 21.9.